The molecule has 0 saturated heterocycles. The Morgan fingerprint density at radius 2 is 2.06 bits per heavy atom. The maximum Gasteiger partial charge on any atom is 0.276 e. The highest BCUT2D eigenvalue weighted by atomic mass is 19.3. The molecule has 1 aliphatic carbocycles. The fraction of sp³-hybridized carbons (Fsp3) is 0.538. The van der Waals surface area contributed by atoms with Crippen LogP contribution in [0.5, 0.6) is 0 Å². The smallest absolute Gasteiger partial charge is 0.276 e. The van der Waals surface area contributed by atoms with Crippen molar-refractivity contribution in [3.63, 3.8) is 0 Å². The van der Waals surface area contributed by atoms with E-state index in [4.69, 9.17) is 5.73 Å². The summed E-state index contributed by atoms with van der Waals surface area (Å²) in [6.45, 7) is 0.600. The van der Waals surface area contributed by atoms with Gasteiger partial charge in [0.1, 0.15) is 0 Å². The molecule has 3 heteroatoms. The van der Waals surface area contributed by atoms with Crippen LogP contribution in [0.1, 0.15) is 30.4 Å². The lowest BCUT2D eigenvalue weighted by molar-refractivity contribution is -0.0286. The Hall–Kier alpha value is -0.960. The number of hydrogen-bond acceptors (Lipinski definition) is 1. The fourth-order valence-electron chi connectivity index (χ4n) is 1.92. The molecule has 2 rings (SSSR count). The Labute approximate surface area is 94.7 Å². The van der Waals surface area contributed by atoms with Gasteiger partial charge >= 0.3 is 0 Å². The molecule has 0 spiro atoms. The number of benzene rings is 1. The third-order valence-corrected chi connectivity index (χ3v) is 3.07. The molecule has 16 heavy (non-hydrogen) atoms. The zero-order valence-corrected chi connectivity index (χ0v) is 9.26. The van der Waals surface area contributed by atoms with Crippen molar-refractivity contribution in [3.05, 3.63) is 35.4 Å². The van der Waals surface area contributed by atoms with Crippen molar-refractivity contribution >= 4 is 0 Å². The van der Waals surface area contributed by atoms with Crippen molar-refractivity contribution in [2.24, 2.45) is 11.7 Å². The van der Waals surface area contributed by atoms with Crippen LogP contribution in [0.25, 0.3) is 0 Å². The third kappa shape index (κ3) is 2.40. The molecule has 0 radical (unpaired) electrons. The SMILES string of the molecule is NCCCc1cccc(C(F)(F)C2CC2)c1. The number of hydrogen-bond donors (Lipinski definition) is 1. The Morgan fingerprint density at radius 3 is 2.69 bits per heavy atom. The Kier molecular flexibility index (Phi) is 3.24. The average Bonchev–Trinajstić information content (AvgIpc) is 3.11. The number of rotatable bonds is 5. The van der Waals surface area contributed by atoms with Crippen LogP contribution in [-0.4, -0.2) is 6.54 Å². The number of halogens is 2. The number of nitrogens with two attached hydrogens (primary N) is 1. The van der Waals surface area contributed by atoms with E-state index in [0.29, 0.717) is 19.4 Å². The van der Waals surface area contributed by atoms with Gasteiger partial charge in [-0.05, 0) is 43.9 Å². The predicted molar refractivity (Wildman–Crippen MR) is 60.4 cm³/mol. The Morgan fingerprint density at radius 1 is 1.31 bits per heavy atom. The van der Waals surface area contributed by atoms with E-state index >= 15 is 0 Å². The van der Waals surface area contributed by atoms with Gasteiger partial charge in [-0.2, -0.15) is 0 Å². The third-order valence-electron chi connectivity index (χ3n) is 3.07. The minimum Gasteiger partial charge on any atom is -0.330 e. The summed E-state index contributed by atoms with van der Waals surface area (Å²) in [5.41, 5.74) is 6.54. The monoisotopic (exact) mass is 225 g/mol. The van der Waals surface area contributed by atoms with Gasteiger partial charge in [-0.3, -0.25) is 0 Å². The fourth-order valence-corrected chi connectivity index (χ4v) is 1.92. The molecule has 0 aromatic heterocycles. The summed E-state index contributed by atoms with van der Waals surface area (Å²) in [5.74, 6) is -3.07. The largest absolute Gasteiger partial charge is 0.330 e. The average molecular weight is 225 g/mol. The van der Waals surface area contributed by atoms with Gasteiger partial charge in [0.05, 0.1) is 0 Å². The molecule has 88 valence electrons. The summed E-state index contributed by atoms with van der Waals surface area (Å²) in [6, 6.07) is 6.78. The number of alkyl halides is 2. The molecule has 0 heterocycles. The lowest BCUT2D eigenvalue weighted by Gasteiger charge is -2.16. The summed E-state index contributed by atoms with van der Waals surface area (Å²) in [6.07, 6.45) is 2.93. The van der Waals surface area contributed by atoms with Gasteiger partial charge in [0, 0.05) is 11.5 Å². The van der Waals surface area contributed by atoms with Gasteiger partial charge in [-0.25, -0.2) is 8.78 Å². The zero-order chi connectivity index (χ0) is 11.6. The van der Waals surface area contributed by atoms with E-state index in [0.717, 1.165) is 18.4 Å². The Bertz CT molecular complexity index is 359. The van der Waals surface area contributed by atoms with Crippen LogP contribution < -0.4 is 5.73 Å². The second-order valence-corrected chi connectivity index (χ2v) is 4.49. The van der Waals surface area contributed by atoms with Crippen molar-refractivity contribution in [3.8, 4) is 0 Å². The standard InChI is InChI=1S/C13H17F2N/c14-13(15,11-6-7-11)12-5-1-3-10(9-12)4-2-8-16/h1,3,5,9,11H,2,4,6-8,16H2. The van der Waals surface area contributed by atoms with Crippen LogP contribution in [0, 0.1) is 5.92 Å². The maximum atomic E-state index is 13.8. The second kappa shape index (κ2) is 4.50. The first-order valence-corrected chi connectivity index (χ1v) is 5.82. The van der Waals surface area contributed by atoms with Crippen molar-refractivity contribution in [2.75, 3.05) is 6.54 Å². The van der Waals surface area contributed by atoms with Crippen molar-refractivity contribution in [1.82, 2.24) is 0 Å². The first-order valence-electron chi connectivity index (χ1n) is 5.82. The molecule has 0 amide bonds. The molecular formula is C13H17F2N. The van der Waals surface area contributed by atoms with Crippen LogP contribution in [0.4, 0.5) is 8.78 Å². The van der Waals surface area contributed by atoms with Crippen LogP contribution in [-0.2, 0) is 12.3 Å². The zero-order valence-electron chi connectivity index (χ0n) is 9.26. The second-order valence-electron chi connectivity index (χ2n) is 4.49. The molecule has 2 N–H and O–H groups in total. The highest BCUT2D eigenvalue weighted by molar-refractivity contribution is 5.28. The van der Waals surface area contributed by atoms with Gasteiger partial charge in [-0.15, -0.1) is 0 Å². The predicted octanol–water partition coefficient (Wildman–Crippen LogP) is 3.08. The van der Waals surface area contributed by atoms with Gasteiger partial charge in [-0.1, -0.05) is 18.2 Å². The Balaban J connectivity index is 2.14. The molecule has 1 aliphatic rings. The van der Waals surface area contributed by atoms with Crippen molar-refractivity contribution in [2.45, 2.75) is 31.6 Å². The summed E-state index contributed by atoms with van der Waals surface area (Å²) < 4.78 is 27.6. The molecule has 1 aromatic carbocycles. The molecule has 0 aliphatic heterocycles. The molecule has 1 nitrogen and oxygen atoms in total. The highest BCUT2D eigenvalue weighted by Crippen LogP contribution is 2.49. The minimum absolute atomic E-state index is 0.171. The van der Waals surface area contributed by atoms with Gasteiger partial charge in [0.2, 0.25) is 0 Å². The molecular weight excluding hydrogens is 208 g/mol. The molecule has 1 saturated carbocycles. The lowest BCUT2D eigenvalue weighted by atomic mass is 10.00. The van der Waals surface area contributed by atoms with E-state index in [9.17, 15) is 8.78 Å². The van der Waals surface area contributed by atoms with Gasteiger partial charge in [0.25, 0.3) is 5.92 Å². The van der Waals surface area contributed by atoms with Crippen LogP contribution in [0.2, 0.25) is 0 Å². The quantitative estimate of drug-likeness (QED) is 0.818. The van der Waals surface area contributed by atoms with E-state index < -0.39 is 11.8 Å². The molecule has 1 aromatic rings. The van der Waals surface area contributed by atoms with E-state index in [-0.39, 0.29) is 5.56 Å². The highest BCUT2D eigenvalue weighted by Gasteiger charge is 2.47. The van der Waals surface area contributed by atoms with Crippen LogP contribution in [0.15, 0.2) is 24.3 Å². The van der Waals surface area contributed by atoms with Crippen LogP contribution in [0.3, 0.4) is 0 Å². The summed E-state index contributed by atoms with van der Waals surface area (Å²) in [4.78, 5) is 0. The number of aryl methyl sites for hydroxylation is 1. The summed E-state index contributed by atoms with van der Waals surface area (Å²) in [7, 11) is 0. The van der Waals surface area contributed by atoms with E-state index in [1.165, 1.54) is 6.07 Å². The van der Waals surface area contributed by atoms with Crippen LogP contribution >= 0.6 is 0 Å². The van der Waals surface area contributed by atoms with E-state index in [1.54, 1.807) is 12.1 Å². The van der Waals surface area contributed by atoms with Gasteiger partial charge < -0.3 is 5.73 Å². The minimum atomic E-state index is -2.64. The molecule has 1 fully saturated rings. The van der Waals surface area contributed by atoms with Crippen molar-refractivity contribution in [1.29, 1.82) is 0 Å². The topological polar surface area (TPSA) is 26.0 Å². The normalized spacial score (nSPS) is 16.4. The van der Waals surface area contributed by atoms with E-state index in [1.807, 2.05) is 6.07 Å². The summed E-state index contributed by atoms with van der Waals surface area (Å²) >= 11 is 0. The first kappa shape index (κ1) is 11.5. The summed E-state index contributed by atoms with van der Waals surface area (Å²) in [5, 5.41) is 0. The maximum absolute atomic E-state index is 13.8. The van der Waals surface area contributed by atoms with Crippen molar-refractivity contribution < 1.29 is 8.78 Å². The lowest BCUT2D eigenvalue weighted by Crippen LogP contribution is -2.16. The van der Waals surface area contributed by atoms with Gasteiger partial charge in [0.15, 0.2) is 0 Å². The van der Waals surface area contributed by atoms with E-state index in [2.05, 4.69) is 0 Å². The molecule has 0 unspecified atom stereocenters. The molecule has 0 atom stereocenters. The molecule has 0 bridgehead atoms. The first-order chi connectivity index (χ1) is 7.64.